The molecule has 0 unspecified atom stereocenters. The van der Waals surface area contributed by atoms with Crippen LogP contribution in [0.15, 0.2) is 12.3 Å². The van der Waals surface area contributed by atoms with Gasteiger partial charge in [0, 0.05) is 31.1 Å². The van der Waals surface area contributed by atoms with E-state index in [0.717, 1.165) is 43.9 Å². The van der Waals surface area contributed by atoms with Crippen LogP contribution in [0.25, 0.3) is 10.6 Å². The molecule has 1 amide bonds. The third-order valence-corrected chi connectivity index (χ3v) is 6.77. The van der Waals surface area contributed by atoms with Crippen molar-refractivity contribution in [3.63, 3.8) is 0 Å². The summed E-state index contributed by atoms with van der Waals surface area (Å²) < 4.78 is 19.5. The lowest BCUT2D eigenvalue weighted by Gasteiger charge is -2.35. The largest absolute Gasteiger partial charge is 0.379 e. The zero-order valence-electron chi connectivity index (χ0n) is 15.2. The normalized spacial score (nSPS) is 19.6. The first-order chi connectivity index (χ1) is 12.9. The van der Waals surface area contributed by atoms with E-state index in [1.807, 2.05) is 18.7 Å². The second-order valence-corrected chi connectivity index (χ2v) is 8.55. The SMILES string of the molecule is CC1(C)c2sc(-c3nc(Cl)ncc3F)cc2C(=O)N1CCN1CCOCC1. The summed E-state index contributed by atoms with van der Waals surface area (Å²) in [6, 6.07) is 1.72. The minimum Gasteiger partial charge on any atom is -0.379 e. The van der Waals surface area contributed by atoms with Gasteiger partial charge in [-0.1, -0.05) is 0 Å². The molecule has 0 N–H and O–H groups in total. The summed E-state index contributed by atoms with van der Waals surface area (Å²) in [4.78, 5) is 26.4. The number of thiophene rings is 1. The van der Waals surface area contributed by atoms with Crippen molar-refractivity contribution in [2.75, 3.05) is 39.4 Å². The van der Waals surface area contributed by atoms with Crippen LogP contribution in [0.1, 0.15) is 29.1 Å². The van der Waals surface area contributed by atoms with E-state index in [-0.39, 0.29) is 16.9 Å². The molecule has 0 aromatic carbocycles. The fourth-order valence-electron chi connectivity index (χ4n) is 3.61. The Kier molecular flexibility index (Phi) is 4.92. The summed E-state index contributed by atoms with van der Waals surface area (Å²) in [5.74, 6) is -0.569. The minimum atomic E-state index is -0.547. The highest BCUT2D eigenvalue weighted by Gasteiger charge is 2.45. The predicted molar refractivity (Wildman–Crippen MR) is 102 cm³/mol. The molecule has 2 aromatic rings. The quantitative estimate of drug-likeness (QED) is 0.725. The lowest BCUT2D eigenvalue weighted by molar-refractivity contribution is 0.0263. The molecule has 1 saturated heterocycles. The van der Waals surface area contributed by atoms with Crippen molar-refractivity contribution >= 4 is 28.8 Å². The van der Waals surface area contributed by atoms with E-state index in [4.69, 9.17) is 16.3 Å². The van der Waals surface area contributed by atoms with Crippen LogP contribution in [-0.4, -0.2) is 65.1 Å². The van der Waals surface area contributed by atoms with E-state index in [1.165, 1.54) is 11.3 Å². The Bertz CT molecular complexity index is 882. The molecule has 0 aliphatic carbocycles. The number of carbonyl (C=O) groups is 1. The Balaban J connectivity index is 1.58. The van der Waals surface area contributed by atoms with Gasteiger partial charge in [-0.05, 0) is 31.5 Å². The van der Waals surface area contributed by atoms with Crippen molar-refractivity contribution in [3.8, 4) is 10.6 Å². The number of hydrogen-bond acceptors (Lipinski definition) is 6. The molecular formula is C18H20ClFN4O2S. The maximum absolute atomic E-state index is 14.1. The highest BCUT2D eigenvalue weighted by molar-refractivity contribution is 7.16. The van der Waals surface area contributed by atoms with E-state index in [9.17, 15) is 9.18 Å². The van der Waals surface area contributed by atoms with E-state index in [2.05, 4.69) is 14.9 Å². The monoisotopic (exact) mass is 410 g/mol. The van der Waals surface area contributed by atoms with E-state index < -0.39 is 11.4 Å². The molecule has 2 aliphatic rings. The van der Waals surface area contributed by atoms with E-state index in [0.29, 0.717) is 17.0 Å². The molecule has 9 heteroatoms. The standard InChI is InChI=1S/C18H20ClFN4O2S/c1-18(2)15-11(9-13(27-15)14-12(20)10-21-17(19)22-14)16(25)24(18)4-3-23-5-7-26-8-6-23/h9-10H,3-8H2,1-2H3. The number of fused-ring (bicyclic) bond motifs is 1. The molecule has 6 nitrogen and oxygen atoms in total. The Morgan fingerprint density at radius 3 is 2.78 bits per heavy atom. The predicted octanol–water partition coefficient (Wildman–Crippen LogP) is 3.02. The van der Waals surface area contributed by atoms with Crippen molar-refractivity contribution in [3.05, 3.63) is 33.8 Å². The first-order valence-electron chi connectivity index (χ1n) is 8.82. The van der Waals surface area contributed by atoms with Gasteiger partial charge in [0.1, 0.15) is 5.69 Å². The number of ether oxygens (including phenoxy) is 1. The van der Waals surface area contributed by atoms with Gasteiger partial charge in [0.15, 0.2) is 5.82 Å². The Hall–Kier alpha value is -1.61. The summed E-state index contributed by atoms with van der Waals surface area (Å²) >= 11 is 7.20. The van der Waals surface area contributed by atoms with Crippen LogP contribution in [0.4, 0.5) is 4.39 Å². The van der Waals surface area contributed by atoms with Crippen LogP contribution in [0, 0.1) is 5.82 Å². The molecule has 0 spiro atoms. The van der Waals surface area contributed by atoms with E-state index >= 15 is 0 Å². The van der Waals surface area contributed by atoms with Gasteiger partial charge in [0.05, 0.1) is 35.4 Å². The number of nitrogens with zero attached hydrogens (tertiary/aromatic N) is 4. The number of morpholine rings is 1. The van der Waals surface area contributed by atoms with Crippen LogP contribution in [-0.2, 0) is 10.3 Å². The van der Waals surface area contributed by atoms with E-state index in [1.54, 1.807) is 6.07 Å². The molecule has 144 valence electrons. The summed E-state index contributed by atoms with van der Waals surface area (Å²) in [5.41, 5.74) is 0.309. The maximum atomic E-state index is 14.1. The number of carbonyl (C=O) groups excluding carboxylic acids is 1. The van der Waals surface area contributed by atoms with Gasteiger partial charge in [-0.25, -0.2) is 14.4 Å². The first-order valence-corrected chi connectivity index (χ1v) is 10.0. The molecule has 2 aliphatic heterocycles. The molecule has 0 atom stereocenters. The van der Waals surface area contributed by atoms with Crippen LogP contribution >= 0.6 is 22.9 Å². The van der Waals surface area contributed by atoms with Crippen molar-refractivity contribution in [2.45, 2.75) is 19.4 Å². The molecule has 4 heterocycles. The Labute approximate surface area is 165 Å². The third-order valence-electron chi connectivity index (χ3n) is 5.13. The fraction of sp³-hybridized carbons (Fsp3) is 0.500. The molecular weight excluding hydrogens is 391 g/mol. The van der Waals surface area contributed by atoms with Gasteiger partial charge >= 0.3 is 0 Å². The lowest BCUT2D eigenvalue weighted by Crippen LogP contribution is -2.46. The van der Waals surface area contributed by atoms with Gasteiger partial charge in [-0.3, -0.25) is 9.69 Å². The Morgan fingerprint density at radius 2 is 2.07 bits per heavy atom. The first kappa shape index (κ1) is 18.7. The number of aromatic nitrogens is 2. The second-order valence-electron chi connectivity index (χ2n) is 7.16. The zero-order chi connectivity index (χ0) is 19.2. The molecule has 0 radical (unpaired) electrons. The van der Waals surface area contributed by atoms with Crippen molar-refractivity contribution in [2.24, 2.45) is 0 Å². The topological polar surface area (TPSA) is 58.6 Å². The minimum absolute atomic E-state index is 0.0160. The summed E-state index contributed by atoms with van der Waals surface area (Å²) in [6.45, 7) is 8.78. The third kappa shape index (κ3) is 3.35. The molecule has 0 bridgehead atoms. The van der Waals surface area contributed by atoms with Crippen molar-refractivity contribution < 1.29 is 13.9 Å². The summed E-state index contributed by atoms with van der Waals surface area (Å²) in [5, 5.41) is -0.0160. The van der Waals surface area contributed by atoms with Crippen molar-refractivity contribution in [1.29, 1.82) is 0 Å². The van der Waals surface area contributed by atoms with Gasteiger partial charge in [-0.2, -0.15) is 0 Å². The molecule has 1 fully saturated rings. The average Bonchev–Trinajstić information content (AvgIpc) is 3.16. The number of halogens is 2. The maximum Gasteiger partial charge on any atom is 0.255 e. The number of amides is 1. The van der Waals surface area contributed by atoms with Crippen LogP contribution < -0.4 is 0 Å². The molecule has 27 heavy (non-hydrogen) atoms. The fourth-order valence-corrected chi connectivity index (χ4v) is 4.99. The zero-order valence-corrected chi connectivity index (χ0v) is 16.7. The van der Waals surface area contributed by atoms with Crippen LogP contribution in [0.3, 0.4) is 0 Å². The number of hydrogen-bond donors (Lipinski definition) is 0. The highest BCUT2D eigenvalue weighted by Crippen LogP contribution is 2.46. The molecule has 4 rings (SSSR count). The Morgan fingerprint density at radius 1 is 1.33 bits per heavy atom. The smallest absolute Gasteiger partial charge is 0.255 e. The van der Waals surface area contributed by atoms with Gasteiger partial charge < -0.3 is 9.64 Å². The van der Waals surface area contributed by atoms with Crippen molar-refractivity contribution in [1.82, 2.24) is 19.8 Å². The average molecular weight is 411 g/mol. The highest BCUT2D eigenvalue weighted by atomic mass is 35.5. The molecule has 0 saturated carbocycles. The summed E-state index contributed by atoms with van der Waals surface area (Å²) in [7, 11) is 0. The lowest BCUT2D eigenvalue weighted by atomic mass is 10.0. The van der Waals surface area contributed by atoms with Gasteiger partial charge in [0.2, 0.25) is 5.28 Å². The molecule has 2 aromatic heterocycles. The van der Waals surface area contributed by atoms with Gasteiger partial charge in [-0.15, -0.1) is 11.3 Å². The van der Waals surface area contributed by atoms with Crippen LogP contribution in [0.2, 0.25) is 5.28 Å². The second kappa shape index (κ2) is 7.09. The number of rotatable bonds is 4. The van der Waals surface area contributed by atoms with Gasteiger partial charge in [0.25, 0.3) is 5.91 Å². The summed E-state index contributed by atoms with van der Waals surface area (Å²) in [6.07, 6.45) is 1.05. The van der Waals surface area contributed by atoms with Crippen LogP contribution in [0.5, 0.6) is 0 Å².